The molecule has 0 aliphatic rings. The van der Waals surface area contributed by atoms with Crippen LogP contribution in [0.4, 0.5) is 0 Å². The number of halogens is 1. The number of rotatable bonds is 5. The Hall–Kier alpha value is -1.18. The maximum Gasteiger partial charge on any atom is 0.273 e. The van der Waals surface area contributed by atoms with E-state index in [2.05, 4.69) is 26.4 Å². The highest BCUT2D eigenvalue weighted by molar-refractivity contribution is 9.10. The summed E-state index contributed by atoms with van der Waals surface area (Å²) >= 11 is 4.94. The fourth-order valence-corrected chi connectivity index (χ4v) is 2.73. The maximum absolute atomic E-state index is 11.8. The van der Waals surface area contributed by atoms with Crippen LogP contribution in [0.5, 0.6) is 0 Å². The lowest BCUT2D eigenvalue weighted by Gasteiger charge is -1.99. The van der Waals surface area contributed by atoms with Crippen LogP contribution in [0.15, 0.2) is 26.5 Å². The molecule has 96 valence electrons. The Kier molecular flexibility index (Phi) is 4.51. The fourth-order valence-electron chi connectivity index (χ4n) is 1.33. The van der Waals surface area contributed by atoms with E-state index < -0.39 is 0 Å². The van der Waals surface area contributed by atoms with Crippen molar-refractivity contribution in [3.8, 4) is 0 Å². The third kappa shape index (κ3) is 3.41. The zero-order chi connectivity index (χ0) is 13.0. The molecule has 2 aromatic heterocycles. The molecule has 2 rings (SSSR count). The highest BCUT2D eigenvalue weighted by Crippen LogP contribution is 2.19. The molecule has 5 nitrogen and oxygen atoms in total. The molecule has 0 bridgehead atoms. The number of carbonyl (C=O) groups excluding carboxylic acids is 1. The molecule has 0 atom stereocenters. The number of nitrogens with one attached hydrogen (secondary N) is 1. The van der Waals surface area contributed by atoms with Crippen molar-refractivity contribution in [2.45, 2.75) is 13.2 Å². The second-order valence-electron chi connectivity index (χ2n) is 3.53. The zero-order valence-corrected chi connectivity index (χ0v) is 12.0. The van der Waals surface area contributed by atoms with E-state index in [1.807, 2.05) is 11.4 Å². The van der Waals surface area contributed by atoms with Crippen LogP contribution in [0.3, 0.4) is 0 Å². The van der Waals surface area contributed by atoms with Gasteiger partial charge in [-0.1, -0.05) is 5.16 Å². The van der Waals surface area contributed by atoms with Gasteiger partial charge < -0.3 is 14.6 Å². The second-order valence-corrected chi connectivity index (χ2v) is 5.44. The van der Waals surface area contributed by atoms with Crippen molar-refractivity contribution in [3.63, 3.8) is 0 Å². The van der Waals surface area contributed by atoms with E-state index >= 15 is 0 Å². The van der Waals surface area contributed by atoms with Gasteiger partial charge in [0.15, 0.2) is 11.5 Å². The molecule has 7 heteroatoms. The summed E-state index contributed by atoms with van der Waals surface area (Å²) in [6, 6.07) is 3.53. The molecule has 1 N–H and O–H groups in total. The van der Waals surface area contributed by atoms with Gasteiger partial charge in [0.2, 0.25) is 0 Å². The van der Waals surface area contributed by atoms with Gasteiger partial charge in [0.1, 0.15) is 6.61 Å². The van der Waals surface area contributed by atoms with Gasteiger partial charge in [-0.3, -0.25) is 4.79 Å². The summed E-state index contributed by atoms with van der Waals surface area (Å²) in [5, 5.41) is 8.42. The first-order valence-electron chi connectivity index (χ1n) is 5.14. The Morgan fingerprint density at radius 2 is 2.44 bits per heavy atom. The second kappa shape index (κ2) is 6.12. The Labute approximate surface area is 116 Å². The lowest BCUT2D eigenvalue weighted by Crippen LogP contribution is -2.22. The van der Waals surface area contributed by atoms with Gasteiger partial charge in [-0.2, -0.15) is 0 Å². The number of hydrogen-bond donors (Lipinski definition) is 1. The summed E-state index contributed by atoms with van der Waals surface area (Å²) in [5.74, 6) is 0.271. The highest BCUT2D eigenvalue weighted by Gasteiger charge is 2.12. The molecule has 18 heavy (non-hydrogen) atoms. The predicted molar refractivity (Wildman–Crippen MR) is 70.4 cm³/mol. The van der Waals surface area contributed by atoms with Gasteiger partial charge in [-0.15, -0.1) is 11.3 Å². The van der Waals surface area contributed by atoms with E-state index in [1.54, 1.807) is 24.5 Å². The molecule has 0 saturated carbocycles. The van der Waals surface area contributed by atoms with Gasteiger partial charge in [0.05, 0.1) is 6.54 Å². The molecule has 0 unspecified atom stereocenters. The van der Waals surface area contributed by atoms with Crippen LogP contribution in [0, 0.1) is 0 Å². The normalized spacial score (nSPS) is 10.6. The van der Waals surface area contributed by atoms with Crippen molar-refractivity contribution < 1.29 is 14.1 Å². The minimum atomic E-state index is -0.259. The monoisotopic (exact) mass is 330 g/mol. The van der Waals surface area contributed by atoms with Crippen molar-refractivity contribution in [1.29, 1.82) is 0 Å². The number of methoxy groups -OCH3 is 1. The maximum atomic E-state index is 11.8. The summed E-state index contributed by atoms with van der Waals surface area (Å²) in [7, 11) is 1.55. The summed E-state index contributed by atoms with van der Waals surface area (Å²) in [6.45, 7) is 0.778. The molecular formula is C11H11BrN2O3S. The van der Waals surface area contributed by atoms with Crippen LogP contribution in [-0.2, 0) is 17.9 Å². The van der Waals surface area contributed by atoms with E-state index in [4.69, 9.17) is 9.26 Å². The molecule has 2 aromatic rings. The van der Waals surface area contributed by atoms with E-state index in [1.165, 1.54) is 0 Å². The number of ether oxygens (including phenoxy) is 1. The van der Waals surface area contributed by atoms with Crippen molar-refractivity contribution in [3.05, 3.63) is 38.3 Å². The third-order valence-electron chi connectivity index (χ3n) is 2.12. The zero-order valence-electron chi connectivity index (χ0n) is 9.60. The molecule has 0 aliphatic carbocycles. The molecule has 0 saturated heterocycles. The summed E-state index contributed by atoms with van der Waals surface area (Å²) in [4.78, 5) is 12.8. The minimum absolute atomic E-state index is 0.259. The molecular weight excluding hydrogens is 320 g/mol. The third-order valence-corrected chi connectivity index (χ3v) is 3.82. The van der Waals surface area contributed by atoms with Crippen molar-refractivity contribution in [1.82, 2.24) is 10.5 Å². The lowest BCUT2D eigenvalue weighted by atomic mass is 10.3. The lowest BCUT2D eigenvalue weighted by molar-refractivity contribution is 0.0941. The van der Waals surface area contributed by atoms with Gasteiger partial charge in [0.25, 0.3) is 5.91 Å². The van der Waals surface area contributed by atoms with Crippen LogP contribution < -0.4 is 5.32 Å². The molecule has 0 aromatic carbocycles. The highest BCUT2D eigenvalue weighted by atomic mass is 79.9. The number of thiophene rings is 1. The Bertz CT molecular complexity index is 538. The average Bonchev–Trinajstić information content (AvgIpc) is 2.96. The first-order chi connectivity index (χ1) is 8.69. The van der Waals surface area contributed by atoms with E-state index in [9.17, 15) is 4.79 Å². The van der Waals surface area contributed by atoms with E-state index in [0.29, 0.717) is 18.9 Å². The van der Waals surface area contributed by atoms with Gasteiger partial charge in [-0.05, 0) is 22.0 Å². The number of hydrogen-bond acceptors (Lipinski definition) is 5. The topological polar surface area (TPSA) is 64.4 Å². The van der Waals surface area contributed by atoms with Crippen molar-refractivity contribution in [2.24, 2.45) is 0 Å². The molecule has 2 heterocycles. The molecule has 0 aliphatic heterocycles. The summed E-state index contributed by atoms with van der Waals surface area (Å²) < 4.78 is 10.8. The van der Waals surface area contributed by atoms with Crippen LogP contribution >= 0.6 is 27.3 Å². The van der Waals surface area contributed by atoms with Crippen LogP contribution in [0.25, 0.3) is 0 Å². The summed E-state index contributed by atoms with van der Waals surface area (Å²) in [5.41, 5.74) is 0.262. The van der Waals surface area contributed by atoms with Gasteiger partial charge in [0, 0.05) is 27.9 Å². The Morgan fingerprint density at radius 3 is 3.11 bits per heavy atom. The standard InChI is InChI=1S/C11H11BrN2O3S/c1-16-5-8-3-10(14-17-8)11(15)13-4-9-2-7(12)6-18-9/h2-3,6H,4-5H2,1H3,(H,13,15). The first kappa shape index (κ1) is 13.3. The van der Waals surface area contributed by atoms with Crippen molar-refractivity contribution in [2.75, 3.05) is 7.11 Å². The molecule has 1 amide bonds. The van der Waals surface area contributed by atoms with Crippen LogP contribution in [0.2, 0.25) is 0 Å². The molecule has 0 spiro atoms. The van der Waals surface area contributed by atoms with Gasteiger partial charge in [-0.25, -0.2) is 0 Å². The number of amides is 1. The Balaban J connectivity index is 1.90. The number of aromatic nitrogens is 1. The average molecular weight is 331 g/mol. The Morgan fingerprint density at radius 1 is 1.61 bits per heavy atom. The minimum Gasteiger partial charge on any atom is -0.377 e. The molecule has 0 fully saturated rings. The number of carbonyl (C=O) groups is 1. The smallest absolute Gasteiger partial charge is 0.273 e. The van der Waals surface area contributed by atoms with Gasteiger partial charge >= 0.3 is 0 Å². The quantitative estimate of drug-likeness (QED) is 0.915. The SMILES string of the molecule is COCc1cc(C(=O)NCc2cc(Br)cs2)no1. The van der Waals surface area contributed by atoms with Crippen LogP contribution in [0.1, 0.15) is 21.1 Å². The largest absolute Gasteiger partial charge is 0.377 e. The van der Waals surface area contributed by atoms with Crippen molar-refractivity contribution >= 4 is 33.2 Å². The first-order valence-corrected chi connectivity index (χ1v) is 6.82. The van der Waals surface area contributed by atoms with E-state index in [0.717, 1.165) is 9.35 Å². The van der Waals surface area contributed by atoms with E-state index in [-0.39, 0.29) is 11.6 Å². The fraction of sp³-hybridized carbons (Fsp3) is 0.273. The predicted octanol–water partition coefficient (Wildman–Crippen LogP) is 2.58. The molecule has 0 radical (unpaired) electrons. The van der Waals surface area contributed by atoms with Crippen LogP contribution in [-0.4, -0.2) is 18.2 Å². The number of nitrogens with zero attached hydrogens (tertiary/aromatic N) is 1. The summed E-state index contributed by atoms with van der Waals surface area (Å²) in [6.07, 6.45) is 0.